The number of benzene rings is 1. The molecule has 114 valence electrons. The van der Waals surface area contributed by atoms with Crippen LogP contribution < -0.4 is 15.4 Å². The van der Waals surface area contributed by atoms with Gasteiger partial charge in [0.05, 0.1) is 18.7 Å². The van der Waals surface area contributed by atoms with Crippen molar-refractivity contribution in [2.45, 2.75) is 6.92 Å². The van der Waals surface area contributed by atoms with Crippen molar-refractivity contribution in [1.82, 2.24) is 10.3 Å². The van der Waals surface area contributed by atoms with Crippen LogP contribution in [-0.4, -0.2) is 29.9 Å². The molecule has 0 saturated carbocycles. The lowest BCUT2D eigenvalue weighted by Crippen LogP contribution is -2.33. The number of carbonyl (C=O) groups excluding carboxylic acids is 2. The highest BCUT2D eigenvalue weighted by Gasteiger charge is 2.13. The van der Waals surface area contributed by atoms with Crippen LogP contribution >= 0.6 is 0 Å². The minimum absolute atomic E-state index is 0.143. The lowest BCUT2D eigenvalue weighted by Gasteiger charge is -2.10. The maximum atomic E-state index is 12.1. The second-order valence-corrected chi connectivity index (χ2v) is 4.38. The number of ether oxygens (including phenoxy) is 1. The Morgan fingerprint density at radius 2 is 1.91 bits per heavy atom. The summed E-state index contributed by atoms with van der Waals surface area (Å²) in [6.07, 6.45) is 1.58. The summed E-state index contributed by atoms with van der Waals surface area (Å²) < 4.78 is 5.39. The van der Waals surface area contributed by atoms with Crippen LogP contribution in [0.4, 0.5) is 5.82 Å². The van der Waals surface area contributed by atoms with Crippen molar-refractivity contribution in [3.63, 3.8) is 0 Å². The third kappa shape index (κ3) is 4.31. The first-order valence-corrected chi connectivity index (χ1v) is 6.91. The molecule has 0 aliphatic carbocycles. The van der Waals surface area contributed by atoms with Gasteiger partial charge in [-0.1, -0.05) is 18.2 Å². The van der Waals surface area contributed by atoms with Crippen molar-refractivity contribution in [3.05, 3.63) is 54.2 Å². The predicted octanol–water partition coefficient (Wildman–Crippen LogP) is 1.85. The standard InChI is InChI=1S/C16H17N3O3/c1-2-22-13-8-4-3-7-12(13)16(21)18-11-15(20)19-14-9-5-6-10-17-14/h3-10H,2,11H2,1H3,(H,18,21)(H,17,19,20). The molecule has 0 spiro atoms. The summed E-state index contributed by atoms with van der Waals surface area (Å²) in [5.74, 6) is 0.227. The molecule has 0 bridgehead atoms. The molecule has 0 radical (unpaired) electrons. The van der Waals surface area contributed by atoms with E-state index in [-0.39, 0.29) is 18.4 Å². The average molecular weight is 299 g/mol. The third-order valence-corrected chi connectivity index (χ3v) is 2.77. The number of hydrogen-bond donors (Lipinski definition) is 2. The summed E-state index contributed by atoms with van der Waals surface area (Å²) >= 11 is 0. The molecule has 0 fully saturated rings. The second kappa shape index (κ2) is 7.78. The maximum absolute atomic E-state index is 12.1. The van der Waals surface area contributed by atoms with Crippen LogP contribution in [0.3, 0.4) is 0 Å². The molecular formula is C16H17N3O3. The van der Waals surface area contributed by atoms with Crippen LogP contribution in [0.25, 0.3) is 0 Å². The van der Waals surface area contributed by atoms with Gasteiger partial charge in [0.15, 0.2) is 0 Å². The van der Waals surface area contributed by atoms with Gasteiger partial charge in [-0.3, -0.25) is 9.59 Å². The van der Waals surface area contributed by atoms with Gasteiger partial charge in [-0.2, -0.15) is 0 Å². The Balaban J connectivity index is 1.91. The highest BCUT2D eigenvalue weighted by Crippen LogP contribution is 2.17. The van der Waals surface area contributed by atoms with Crippen LogP contribution in [0, 0.1) is 0 Å². The highest BCUT2D eigenvalue weighted by molar-refractivity contribution is 6.00. The van der Waals surface area contributed by atoms with Crippen molar-refractivity contribution in [2.75, 3.05) is 18.5 Å². The molecule has 0 unspecified atom stereocenters. The Hall–Kier alpha value is -2.89. The van der Waals surface area contributed by atoms with E-state index in [0.717, 1.165) is 0 Å². The molecule has 1 aromatic carbocycles. The van der Waals surface area contributed by atoms with E-state index in [0.29, 0.717) is 23.7 Å². The third-order valence-electron chi connectivity index (χ3n) is 2.77. The number of nitrogens with zero attached hydrogens (tertiary/aromatic N) is 1. The van der Waals surface area contributed by atoms with Crippen LogP contribution in [0.5, 0.6) is 5.75 Å². The van der Waals surface area contributed by atoms with E-state index in [2.05, 4.69) is 15.6 Å². The number of rotatable bonds is 6. The molecule has 2 rings (SSSR count). The van der Waals surface area contributed by atoms with E-state index < -0.39 is 0 Å². The number of pyridine rings is 1. The minimum Gasteiger partial charge on any atom is -0.493 e. The van der Waals surface area contributed by atoms with Crippen molar-refractivity contribution >= 4 is 17.6 Å². The summed E-state index contributed by atoms with van der Waals surface area (Å²) in [4.78, 5) is 27.9. The van der Waals surface area contributed by atoms with E-state index in [1.807, 2.05) is 6.92 Å². The summed E-state index contributed by atoms with van der Waals surface area (Å²) in [6, 6.07) is 12.1. The van der Waals surface area contributed by atoms with Gasteiger partial charge in [-0.05, 0) is 31.2 Å². The number of aromatic nitrogens is 1. The minimum atomic E-state index is -0.361. The molecule has 0 atom stereocenters. The first-order valence-electron chi connectivity index (χ1n) is 6.91. The molecule has 1 heterocycles. The largest absolute Gasteiger partial charge is 0.493 e. The summed E-state index contributed by atoms with van der Waals surface area (Å²) in [6.45, 7) is 2.16. The first-order chi connectivity index (χ1) is 10.7. The predicted molar refractivity (Wildman–Crippen MR) is 82.8 cm³/mol. The van der Waals surface area contributed by atoms with Crippen molar-refractivity contribution in [1.29, 1.82) is 0 Å². The van der Waals surface area contributed by atoms with Gasteiger partial charge in [0.2, 0.25) is 5.91 Å². The number of anilines is 1. The number of amides is 2. The zero-order valence-electron chi connectivity index (χ0n) is 12.2. The molecule has 2 amide bonds. The second-order valence-electron chi connectivity index (χ2n) is 4.38. The maximum Gasteiger partial charge on any atom is 0.255 e. The SMILES string of the molecule is CCOc1ccccc1C(=O)NCC(=O)Nc1ccccn1. The van der Waals surface area contributed by atoms with Gasteiger partial charge in [0.25, 0.3) is 5.91 Å². The smallest absolute Gasteiger partial charge is 0.255 e. The van der Waals surface area contributed by atoms with E-state index >= 15 is 0 Å². The molecule has 22 heavy (non-hydrogen) atoms. The topological polar surface area (TPSA) is 80.3 Å². The van der Waals surface area contributed by atoms with Crippen molar-refractivity contribution in [3.8, 4) is 5.75 Å². The van der Waals surface area contributed by atoms with Crippen molar-refractivity contribution < 1.29 is 14.3 Å². The first kappa shape index (κ1) is 15.5. The fourth-order valence-corrected chi connectivity index (χ4v) is 1.82. The molecule has 2 N–H and O–H groups in total. The number of para-hydroxylation sites is 1. The van der Waals surface area contributed by atoms with Gasteiger partial charge in [0.1, 0.15) is 11.6 Å². The summed E-state index contributed by atoms with van der Waals surface area (Å²) in [5, 5.41) is 5.15. The summed E-state index contributed by atoms with van der Waals surface area (Å²) in [5.41, 5.74) is 0.398. The fraction of sp³-hybridized carbons (Fsp3) is 0.188. The molecule has 1 aromatic heterocycles. The lowest BCUT2D eigenvalue weighted by molar-refractivity contribution is -0.115. The highest BCUT2D eigenvalue weighted by atomic mass is 16.5. The molecule has 2 aromatic rings. The zero-order valence-corrected chi connectivity index (χ0v) is 12.2. The monoisotopic (exact) mass is 299 g/mol. The number of carbonyl (C=O) groups is 2. The molecule has 0 aliphatic rings. The average Bonchev–Trinajstić information content (AvgIpc) is 2.54. The van der Waals surface area contributed by atoms with Gasteiger partial charge in [-0.25, -0.2) is 4.98 Å². The van der Waals surface area contributed by atoms with E-state index in [4.69, 9.17) is 4.74 Å². The van der Waals surface area contributed by atoms with Crippen LogP contribution in [0.1, 0.15) is 17.3 Å². The number of hydrogen-bond acceptors (Lipinski definition) is 4. The Morgan fingerprint density at radius 1 is 1.14 bits per heavy atom. The van der Waals surface area contributed by atoms with Crippen molar-refractivity contribution in [2.24, 2.45) is 0 Å². The molecule has 0 saturated heterocycles. The van der Waals surface area contributed by atoms with E-state index in [9.17, 15) is 9.59 Å². The number of nitrogens with one attached hydrogen (secondary N) is 2. The molecule has 0 aliphatic heterocycles. The fourth-order valence-electron chi connectivity index (χ4n) is 1.82. The Kier molecular flexibility index (Phi) is 5.48. The van der Waals surface area contributed by atoms with Gasteiger partial charge < -0.3 is 15.4 Å². The summed E-state index contributed by atoms with van der Waals surface area (Å²) in [7, 11) is 0. The molecule has 6 nitrogen and oxygen atoms in total. The zero-order chi connectivity index (χ0) is 15.8. The quantitative estimate of drug-likeness (QED) is 0.853. The van der Waals surface area contributed by atoms with Crippen LogP contribution in [0.15, 0.2) is 48.7 Å². The van der Waals surface area contributed by atoms with E-state index in [1.165, 1.54) is 0 Å². The Bertz CT molecular complexity index is 644. The van der Waals surface area contributed by atoms with E-state index in [1.54, 1.807) is 48.7 Å². The molecule has 6 heteroatoms. The molecular weight excluding hydrogens is 282 g/mol. The normalized spacial score (nSPS) is 9.86. The van der Waals surface area contributed by atoms with Crippen LogP contribution in [-0.2, 0) is 4.79 Å². The Labute approximate surface area is 128 Å². The lowest BCUT2D eigenvalue weighted by atomic mass is 10.2. The van der Waals surface area contributed by atoms with Gasteiger partial charge >= 0.3 is 0 Å². The van der Waals surface area contributed by atoms with Gasteiger partial charge in [-0.15, -0.1) is 0 Å². The Morgan fingerprint density at radius 3 is 2.64 bits per heavy atom. The van der Waals surface area contributed by atoms with Crippen LogP contribution in [0.2, 0.25) is 0 Å². The van der Waals surface area contributed by atoms with Gasteiger partial charge in [0, 0.05) is 6.20 Å².